The predicted molar refractivity (Wildman–Crippen MR) is 52.0 cm³/mol. The van der Waals surface area contributed by atoms with E-state index >= 15 is 0 Å². The Hall–Kier alpha value is -0.0400. The van der Waals surface area contributed by atoms with Gasteiger partial charge in [0.2, 0.25) is 0 Å². The maximum Gasteiger partial charge on any atom is 0.0596 e. The van der Waals surface area contributed by atoms with E-state index in [-0.39, 0.29) is 6.10 Å². The van der Waals surface area contributed by atoms with Gasteiger partial charge in [-0.05, 0) is 30.1 Å². The van der Waals surface area contributed by atoms with E-state index in [1.54, 1.807) is 0 Å². The van der Waals surface area contributed by atoms with E-state index in [4.69, 9.17) is 0 Å². The van der Waals surface area contributed by atoms with Crippen LogP contribution >= 0.6 is 0 Å². The Morgan fingerprint density at radius 3 is 2.25 bits per heavy atom. The third-order valence-electron chi connectivity index (χ3n) is 3.44. The van der Waals surface area contributed by atoms with Crippen LogP contribution in [0.2, 0.25) is 0 Å². The average Bonchev–Trinajstić information content (AvgIpc) is 2.27. The molecule has 0 aromatic carbocycles. The number of aliphatic hydroxyl groups excluding tert-OH is 1. The standard InChI is InChI=1S/C11H22O/c1-8(2)10(12)9-6-5-7-11(9,3)4/h8-10,12H,5-7H2,1-4H3. The Bertz CT molecular complexity index is 149. The van der Waals surface area contributed by atoms with Crippen molar-refractivity contribution in [3.8, 4) is 0 Å². The molecule has 0 amide bonds. The van der Waals surface area contributed by atoms with Crippen LogP contribution in [0.3, 0.4) is 0 Å². The van der Waals surface area contributed by atoms with Gasteiger partial charge in [0, 0.05) is 0 Å². The lowest BCUT2D eigenvalue weighted by Gasteiger charge is -2.33. The van der Waals surface area contributed by atoms with Gasteiger partial charge >= 0.3 is 0 Å². The number of aliphatic hydroxyl groups is 1. The van der Waals surface area contributed by atoms with Crippen molar-refractivity contribution in [3.05, 3.63) is 0 Å². The molecule has 12 heavy (non-hydrogen) atoms. The van der Waals surface area contributed by atoms with Crippen LogP contribution in [0.5, 0.6) is 0 Å². The Balaban J connectivity index is 2.62. The summed E-state index contributed by atoms with van der Waals surface area (Å²) in [6, 6.07) is 0. The molecular formula is C11H22O. The highest BCUT2D eigenvalue weighted by atomic mass is 16.3. The highest BCUT2D eigenvalue weighted by Crippen LogP contribution is 2.45. The van der Waals surface area contributed by atoms with Crippen molar-refractivity contribution >= 4 is 0 Å². The quantitative estimate of drug-likeness (QED) is 0.675. The second kappa shape index (κ2) is 3.37. The molecule has 1 aliphatic carbocycles. The molecular weight excluding hydrogens is 148 g/mol. The topological polar surface area (TPSA) is 20.2 Å². The first-order valence-electron chi connectivity index (χ1n) is 5.13. The van der Waals surface area contributed by atoms with Crippen molar-refractivity contribution in [1.82, 2.24) is 0 Å². The minimum absolute atomic E-state index is 0.0949. The molecule has 72 valence electrons. The third-order valence-corrected chi connectivity index (χ3v) is 3.44. The van der Waals surface area contributed by atoms with Gasteiger partial charge < -0.3 is 5.11 Å². The van der Waals surface area contributed by atoms with Crippen LogP contribution in [0, 0.1) is 17.3 Å². The first-order chi connectivity index (χ1) is 5.45. The van der Waals surface area contributed by atoms with Gasteiger partial charge in [-0.15, -0.1) is 0 Å². The van der Waals surface area contributed by atoms with E-state index in [2.05, 4.69) is 27.7 Å². The maximum absolute atomic E-state index is 9.96. The zero-order valence-corrected chi connectivity index (χ0v) is 8.80. The zero-order chi connectivity index (χ0) is 9.35. The minimum atomic E-state index is -0.0949. The summed E-state index contributed by atoms with van der Waals surface area (Å²) in [6.45, 7) is 8.80. The van der Waals surface area contributed by atoms with Crippen LogP contribution in [0.1, 0.15) is 47.0 Å². The van der Waals surface area contributed by atoms with Crippen molar-refractivity contribution in [2.75, 3.05) is 0 Å². The first-order valence-corrected chi connectivity index (χ1v) is 5.13. The molecule has 0 spiro atoms. The lowest BCUT2D eigenvalue weighted by atomic mass is 9.76. The van der Waals surface area contributed by atoms with Crippen LogP contribution in [-0.4, -0.2) is 11.2 Å². The molecule has 1 saturated carbocycles. The predicted octanol–water partition coefficient (Wildman–Crippen LogP) is 2.83. The summed E-state index contributed by atoms with van der Waals surface area (Å²) in [5.74, 6) is 0.935. The van der Waals surface area contributed by atoms with Gasteiger partial charge in [0.05, 0.1) is 6.10 Å². The van der Waals surface area contributed by atoms with Gasteiger partial charge in [-0.1, -0.05) is 34.1 Å². The largest absolute Gasteiger partial charge is 0.393 e. The summed E-state index contributed by atoms with van der Waals surface area (Å²) in [7, 11) is 0. The minimum Gasteiger partial charge on any atom is -0.393 e. The van der Waals surface area contributed by atoms with Crippen molar-refractivity contribution in [1.29, 1.82) is 0 Å². The number of hydrogen-bond donors (Lipinski definition) is 1. The molecule has 1 fully saturated rings. The van der Waals surface area contributed by atoms with E-state index in [1.165, 1.54) is 19.3 Å². The molecule has 1 N–H and O–H groups in total. The lowest BCUT2D eigenvalue weighted by molar-refractivity contribution is 0.0202. The van der Waals surface area contributed by atoms with E-state index < -0.39 is 0 Å². The smallest absolute Gasteiger partial charge is 0.0596 e. The Kier molecular flexibility index (Phi) is 2.82. The maximum atomic E-state index is 9.96. The molecule has 0 bridgehead atoms. The normalized spacial score (nSPS) is 31.0. The third kappa shape index (κ3) is 1.82. The molecule has 2 atom stereocenters. The van der Waals surface area contributed by atoms with E-state index in [1.807, 2.05) is 0 Å². The molecule has 0 heterocycles. The van der Waals surface area contributed by atoms with Gasteiger partial charge in [-0.3, -0.25) is 0 Å². The Morgan fingerprint density at radius 1 is 1.33 bits per heavy atom. The van der Waals surface area contributed by atoms with E-state index in [0.717, 1.165) is 0 Å². The fourth-order valence-corrected chi connectivity index (χ4v) is 2.45. The average molecular weight is 170 g/mol. The van der Waals surface area contributed by atoms with Crippen molar-refractivity contribution in [3.63, 3.8) is 0 Å². The lowest BCUT2D eigenvalue weighted by Crippen LogP contribution is -2.33. The molecule has 0 aromatic rings. The summed E-state index contributed by atoms with van der Waals surface area (Å²) >= 11 is 0. The summed E-state index contributed by atoms with van der Waals surface area (Å²) in [4.78, 5) is 0. The van der Waals surface area contributed by atoms with Crippen molar-refractivity contribution in [2.45, 2.75) is 53.1 Å². The first kappa shape index (κ1) is 10.0. The highest BCUT2D eigenvalue weighted by Gasteiger charge is 2.39. The molecule has 1 rings (SSSR count). The molecule has 0 aliphatic heterocycles. The van der Waals surface area contributed by atoms with Crippen LogP contribution in [0.25, 0.3) is 0 Å². The fourth-order valence-electron chi connectivity index (χ4n) is 2.45. The van der Waals surface area contributed by atoms with Crippen LogP contribution in [-0.2, 0) is 0 Å². The van der Waals surface area contributed by atoms with Crippen LogP contribution < -0.4 is 0 Å². The highest BCUT2D eigenvalue weighted by molar-refractivity contribution is 4.89. The molecule has 0 aromatic heterocycles. The van der Waals surface area contributed by atoms with E-state index in [0.29, 0.717) is 17.3 Å². The SMILES string of the molecule is CC(C)C(O)C1CCCC1(C)C. The van der Waals surface area contributed by atoms with Crippen molar-refractivity contribution < 1.29 is 5.11 Å². The summed E-state index contributed by atoms with van der Waals surface area (Å²) in [5.41, 5.74) is 0.365. The Morgan fingerprint density at radius 2 is 1.92 bits per heavy atom. The van der Waals surface area contributed by atoms with Gasteiger partial charge in [0.1, 0.15) is 0 Å². The monoisotopic (exact) mass is 170 g/mol. The fraction of sp³-hybridized carbons (Fsp3) is 1.00. The van der Waals surface area contributed by atoms with Gasteiger partial charge in [-0.25, -0.2) is 0 Å². The number of rotatable bonds is 2. The second-order valence-electron chi connectivity index (χ2n) is 5.22. The number of hydrogen-bond acceptors (Lipinski definition) is 1. The summed E-state index contributed by atoms with van der Waals surface area (Å²) in [6.07, 6.45) is 3.69. The van der Waals surface area contributed by atoms with Gasteiger partial charge in [0.15, 0.2) is 0 Å². The van der Waals surface area contributed by atoms with E-state index in [9.17, 15) is 5.11 Å². The summed E-state index contributed by atoms with van der Waals surface area (Å²) < 4.78 is 0. The Labute approximate surface area is 76.2 Å². The molecule has 1 nitrogen and oxygen atoms in total. The molecule has 1 aliphatic rings. The second-order valence-corrected chi connectivity index (χ2v) is 5.22. The summed E-state index contributed by atoms with van der Waals surface area (Å²) in [5, 5.41) is 9.96. The van der Waals surface area contributed by atoms with Gasteiger partial charge in [-0.2, -0.15) is 0 Å². The van der Waals surface area contributed by atoms with Gasteiger partial charge in [0.25, 0.3) is 0 Å². The van der Waals surface area contributed by atoms with Crippen molar-refractivity contribution in [2.24, 2.45) is 17.3 Å². The van der Waals surface area contributed by atoms with Crippen LogP contribution in [0.15, 0.2) is 0 Å². The zero-order valence-electron chi connectivity index (χ0n) is 8.80. The molecule has 0 saturated heterocycles. The molecule has 2 unspecified atom stereocenters. The van der Waals surface area contributed by atoms with Crippen LogP contribution in [0.4, 0.5) is 0 Å². The molecule has 1 heteroatoms. The molecule has 0 radical (unpaired) electrons.